The van der Waals surface area contributed by atoms with Crippen molar-refractivity contribution in [3.8, 4) is 39.9 Å². The second kappa shape index (κ2) is 8.94. The van der Waals surface area contributed by atoms with Crippen LogP contribution in [0.1, 0.15) is 10.4 Å². The highest BCUT2D eigenvalue weighted by molar-refractivity contribution is 6.06. The summed E-state index contributed by atoms with van der Waals surface area (Å²) in [7, 11) is 4.39. The van der Waals surface area contributed by atoms with Gasteiger partial charge in [0, 0.05) is 5.56 Å². The molecule has 178 valence electrons. The minimum Gasteiger partial charge on any atom is -0.493 e. The number of methoxy groups -OCH3 is 3. The molecule has 5 rings (SSSR count). The van der Waals surface area contributed by atoms with E-state index in [0.29, 0.717) is 45.3 Å². The van der Waals surface area contributed by atoms with E-state index in [1.54, 1.807) is 42.5 Å². The fourth-order valence-corrected chi connectivity index (χ4v) is 3.93. The largest absolute Gasteiger partial charge is 0.493 e. The maximum atomic E-state index is 13.5. The first-order valence-electron chi connectivity index (χ1n) is 10.6. The van der Waals surface area contributed by atoms with Crippen molar-refractivity contribution < 1.29 is 32.9 Å². The first-order valence-corrected chi connectivity index (χ1v) is 10.6. The van der Waals surface area contributed by atoms with Crippen LogP contribution in [0.3, 0.4) is 0 Å². The SMILES string of the molecule is COc1cc(C(=O)Nc2oc3ccccc3c(=O)c2-c2ccc3c(c2)OCO3)cc(OC)c1OC. The summed E-state index contributed by atoms with van der Waals surface area (Å²) in [5.74, 6) is 1.50. The van der Waals surface area contributed by atoms with Crippen LogP contribution in [0.5, 0.6) is 28.7 Å². The molecule has 1 N–H and O–H groups in total. The van der Waals surface area contributed by atoms with Gasteiger partial charge in [-0.15, -0.1) is 0 Å². The third-order valence-electron chi connectivity index (χ3n) is 5.61. The van der Waals surface area contributed by atoms with Crippen molar-refractivity contribution in [3.05, 3.63) is 70.4 Å². The van der Waals surface area contributed by atoms with Gasteiger partial charge in [0.1, 0.15) is 5.58 Å². The third kappa shape index (κ3) is 3.86. The average Bonchev–Trinajstić information content (AvgIpc) is 3.36. The van der Waals surface area contributed by atoms with Crippen LogP contribution in [-0.4, -0.2) is 34.0 Å². The number of para-hydroxylation sites is 1. The number of carbonyl (C=O) groups is 1. The number of fused-ring (bicyclic) bond motifs is 2. The van der Waals surface area contributed by atoms with Gasteiger partial charge in [0.25, 0.3) is 5.91 Å². The Bertz CT molecular complexity index is 1480. The Morgan fingerprint density at radius 3 is 2.31 bits per heavy atom. The standard InChI is InChI=1S/C26H21NO8/c1-30-20-11-15(12-21(31-2)24(20)32-3)25(29)27-26-22(14-8-9-18-19(10-14)34-13-33-18)23(28)16-6-4-5-7-17(16)35-26/h4-12H,13H2,1-3H3,(H,27,29). The van der Waals surface area contributed by atoms with Gasteiger partial charge in [-0.2, -0.15) is 0 Å². The molecule has 3 aromatic carbocycles. The van der Waals surface area contributed by atoms with Gasteiger partial charge in [-0.1, -0.05) is 18.2 Å². The molecule has 35 heavy (non-hydrogen) atoms. The molecular weight excluding hydrogens is 454 g/mol. The summed E-state index contributed by atoms with van der Waals surface area (Å²) in [5, 5.41) is 3.12. The van der Waals surface area contributed by atoms with Crippen molar-refractivity contribution in [2.75, 3.05) is 33.4 Å². The van der Waals surface area contributed by atoms with Gasteiger partial charge in [-0.05, 0) is 42.0 Å². The maximum Gasteiger partial charge on any atom is 0.258 e. The normalized spacial score (nSPS) is 11.9. The summed E-state index contributed by atoms with van der Waals surface area (Å²) in [5.41, 5.74) is 0.941. The van der Waals surface area contributed by atoms with Gasteiger partial charge in [0.15, 0.2) is 23.0 Å². The monoisotopic (exact) mass is 475 g/mol. The molecule has 0 fully saturated rings. The van der Waals surface area contributed by atoms with Crippen LogP contribution in [0, 0.1) is 0 Å². The predicted octanol–water partition coefficient (Wildman–Crippen LogP) is 4.47. The molecule has 0 bridgehead atoms. The van der Waals surface area contributed by atoms with Crippen LogP contribution in [-0.2, 0) is 0 Å². The molecule has 9 heteroatoms. The number of amides is 1. The lowest BCUT2D eigenvalue weighted by Crippen LogP contribution is -2.17. The Morgan fingerprint density at radius 1 is 0.886 bits per heavy atom. The van der Waals surface area contributed by atoms with Crippen molar-refractivity contribution in [2.24, 2.45) is 0 Å². The van der Waals surface area contributed by atoms with E-state index < -0.39 is 5.91 Å². The molecular formula is C26H21NO8. The van der Waals surface area contributed by atoms with Crippen molar-refractivity contribution in [1.82, 2.24) is 0 Å². The van der Waals surface area contributed by atoms with Gasteiger partial charge in [0.2, 0.25) is 23.9 Å². The number of hydrogen-bond acceptors (Lipinski definition) is 8. The van der Waals surface area contributed by atoms with Crippen LogP contribution in [0.15, 0.2) is 63.8 Å². The van der Waals surface area contributed by atoms with E-state index in [4.69, 9.17) is 28.1 Å². The molecule has 1 aliphatic heterocycles. The number of rotatable bonds is 6. The van der Waals surface area contributed by atoms with Crippen LogP contribution in [0.25, 0.3) is 22.1 Å². The highest BCUT2D eigenvalue weighted by atomic mass is 16.7. The van der Waals surface area contributed by atoms with Crippen LogP contribution >= 0.6 is 0 Å². The quantitative estimate of drug-likeness (QED) is 0.436. The molecule has 0 saturated carbocycles. The highest BCUT2D eigenvalue weighted by Crippen LogP contribution is 2.40. The number of carbonyl (C=O) groups excluding carboxylic acids is 1. The fourth-order valence-electron chi connectivity index (χ4n) is 3.93. The molecule has 0 atom stereocenters. The Labute approximate surface area is 199 Å². The molecule has 1 aromatic heterocycles. The second-order valence-electron chi connectivity index (χ2n) is 7.57. The average molecular weight is 475 g/mol. The summed E-state index contributed by atoms with van der Waals surface area (Å²) in [6.45, 7) is 0.0931. The lowest BCUT2D eigenvalue weighted by atomic mass is 10.0. The van der Waals surface area contributed by atoms with Crippen molar-refractivity contribution >= 4 is 22.8 Å². The van der Waals surface area contributed by atoms with Crippen molar-refractivity contribution in [2.45, 2.75) is 0 Å². The summed E-state index contributed by atoms with van der Waals surface area (Å²) >= 11 is 0. The number of anilines is 1. The zero-order valence-corrected chi connectivity index (χ0v) is 19.2. The third-order valence-corrected chi connectivity index (χ3v) is 5.61. The van der Waals surface area contributed by atoms with E-state index in [0.717, 1.165) is 0 Å². The molecule has 2 heterocycles. The summed E-state index contributed by atoms with van der Waals surface area (Å²) < 4.78 is 32.9. The number of hydrogen-bond donors (Lipinski definition) is 1. The van der Waals surface area contributed by atoms with E-state index in [1.165, 1.54) is 33.5 Å². The molecule has 0 aliphatic carbocycles. The fraction of sp³-hybridized carbons (Fsp3) is 0.154. The molecule has 0 saturated heterocycles. The smallest absolute Gasteiger partial charge is 0.258 e. The summed E-state index contributed by atoms with van der Waals surface area (Å²) in [6.07, 6.45) is 0. The number of nitrogens with one attached hydrogen (secondary N) is 1. The second-order valence-corrected chi connectivity index (χ2v) is 7.57. The molecule has 0 radical (unpaired) electrons. The van der Waals surface area contributed by atoms with Gasteiger partial charge in [-0.3, -0.25) is 14.9 Å². The van der Waals surface area contributed by atoms with Gasteiger partial charge < -0.3 is 28.1 Å². The minimum absolute atomic E-state index is 0.00804. The lowest BCUT2D eigenvalue weighted by Gasteiger charge is -2.15. The number of ether oxygens (including phenoxy) is 5. The minimum atomic E-state index is -0.537. The maximum absolute atomic E-state index is 13.5. The lowest BCUT2D eigenvalue weighted by molar-refractivity contribution is 0.102. The van der Waals surface area contributed by atoms with E-state index in [1.807, 2.05) is 0 Å². The highest BCUT2D eigenvalue weighted by Gasteiger charge is 2.23. The molecule has 1 amide bonds. The Kier molecular flexibility index (Phi) is 5.66. The van der Waals surface area contributed by atoms with Crippen molar-refractivity contribution in [3.63, 3.8) is 0 Å². The zero-order valence-electron chi connectivity index (χ0n) is 19.2. The summed E-state index contributed by atoms with van der Waals surface area (Å²) in [4.78, 5) is 26.8. The Hall–Kier alpha value is -4.66. The topological polar surface area (TPSA) is 105 Å². The zero-order chi connectivity index (χ0) is 24.5. The van der Waals surface area contributed by atoms with Crippen LogP contribution in [0.4, 0.5) is 5.88 Å². The number of benzene rings is 3. The Balaban J connectivity index is 1.63. The molecule has 1 aliphatic rings. The first kappa shape index (κ1) is 22.1. The first-order chi connectivity index (χ1) is 17.0. The Morgan fingerprint density at radius 2 is 1.60 bits per heavy atom. The van der Waals surface area contributed by atoms with E-state index >= 15 is 0 Å². The van der Waals surface area contributed by atoms with E-state index in [9.17, 15) is 9.59 Å². The summed E-state index contributed by atoms with van der Waals surface area (Å²) in [6, 6.07) is 14.9. The van der Waals surface area contributed by atoms with Gasteiger partial charge in [0.05, 0.1) is 32.3 Å². The molecule has 4 aromatic rings. The van der Waals surface area contributed by atoms with Gasteiger partial charge in [-0.25, -0.2) is 0 Å². The predicted molar refractivity (Wildman–Crippen MR) is 128 cm³/mol. The molecule has 0 spiro atoms. The van der Waals surface area contributed by atoms with E-state index in [-0.39, 0.29) is 29.2 Å². The van der Waals surface area contributed by atoms with Crippen LogP contribution < -0.4 is 34.4 Å². The molecule has 0 unspecified atom stereocenters. The molecule has 9 nitrogen and oxygen atoms in total. The van der Waals surface area contributed by atoms with E-state index in [2.05, 4.69) is 5.32 Å². The van der Waals surface area contributed by atoms with Crippen LogP contribution in [0.2, 0.25) is 0 Å². The van der Waals surface area contributed by atoms with Gasteiger partial charge >= 0.3 is 0 Å². The van der Waals surface area contributed by atoms with Crippen molar-refractivity contribution in [1.29, 1.82) is 0 Å².